The number of fused-ring (bicyclic) bond motifs is 1. The molecule has 32 heavy (non-hydrogen) atoms. The van der Waals surface area contributed by atoms with Gasteiger partial charge in [-0.25, -0.2) is 23.7 Å². The van der Waals surface area contributed by atoms with Gasteiger partial charge in [0.1, 0.15) is 24.6 Å². The number of phosphoric ester groups is 1. The van der Waals surface area contributed by atoms with Crippen molar-refractivity contribution < 1.29 is 66.6 Å². The minimum Gasteiger partial charge on any atom is -0.425 e. The van der Waals surface area contributed by atoms with Gasteiger partial charge in [0.05, 0.1) is 12.9 Å². The molecule has 1 fully saturated rings. The normalized spacial score (nSPS) is 27.9. The van der Waals surface area contributed by atoms with Crippen LogP contribution in [0.25, 0.3) is 11.2 Å². The van der Waals surface area contributed by atoms with E-state index in [1.165, 1.54) is 0 Å². The maximum Gasteiger partial charge on any atom is 0.490 e. The Morgan fingerprint density at radius 3 is 2.31 bits per heavy atom. The molecule has 8 N–H and O–H groups in total. The van der Waals surface area contributed by atoms with Crippen LogP contribution in [0.3, 0.4) is 0 Å². The van der Waals surface area contributed by atoms with Gasteiger partial charge < -0.3 is 39.7 Å². The third kappa shape index (κ3) is 5.49. The van der Waals surface area contributed by atoms with Crippen LogP contribution in [0.5, 0.6) is 0 Å². The quantitative estimate of drug-likeness (QED) is 0.136. The molecule has 6 atom stereocenters. The van der Waals surface area contributed by atoms with Crippen molar-refractivity contribution in [1.29, 1.82) is 5.41 Å². The fourth-order valence-electron chi connectivity index (χ4n) is 2.68. The van der Waals surface area contributed by atoms with Gasteiger partial charge in [-0.15, -0.1) is 0 Å². The van der Waals surface area contributed by atoms with Crippen LogP contribution in [0.15, 0.2) is 12.7 Å². The summed E-state index contributed by atoms with van der Waals surface area (Å²) in [6, 6.07) is 0. The summed E-state index contributed by atoms with van der Waals surface area (Å²) in [5.41, 5.74) is -0.548. The topological polar surface area (TPSA) is 289 Å². The molecular formula is C10H16N5O14P3. The zero-order valence-electron chi connectivity index (χ0n) is 15.3. The number of aliphatic hydroxyl groups is 2. The fourth-order valence-corrected chi connectivity index (χ4v) is 5.71. The lowest BCUT2D eigenvalue weighted by molar-refractivity contribution is -0.0503. The van der Waals surface area contributed by atoms with Crippen molar-refractivity contribution in [3.8, 4) is 0 Å². The summed E-state index contributed by atoms with van der Waals surface area (Å²) >= 11 is 0. The molecular weight excluding hydrogens is 507 g/mol. The minimum atomic E-state index is -5.73. The van der Waals surface area contributed by atoms with E-state index < -0.39 is 60.1 Å². The van der Waals surface area contributed by atoms with E-state index >= 15 is 0 Å². The molecule has 0 spiro atoms. The Morgan fingerprint density at radius 2 is 1.69 bits per heavy atom. The van der Waals surface area contributed by atoms with Crippen LogP contribution in [-0.4, -0.2) is 79.2 Å². The Bertz CT molecular complexity index is 1210. The lowest BCUT2D eigenvalue weighted by Crippen LogP contribution is -2.33. The van der Waals surface area contributed by atoms with E-state index in [2.05, 4.69) is 23.1 Å². The van der Waals surface area contributed by atoms with E-state index in [-0.39, 0.29) is 11.2 Å². The number of imidazole rings is 1. The number of rotatable bonds is 8. The lowest BCUT2D eigenvalue weighted by atomic mass is 10.1. The number of aromatic nitrogens is 4. The number of phosphoric acid groups is 3. The number of hydrogen-bond donors (Lipinski definition) is 8. The Labute approximate surface area is 176 Å². The highest BCUT2D eigenvalue weighted by Gasteiger charge is 2.47. The number of nitrogens with one attached hydrogen (secondary N) is 1. The first-order chi connectivity index (χ1) is 14.6. The van der Waals surface area contributed by atoms with Crippen molar-refractivity contribution in [2.24, 2.45) is 0 Å². The summed E-state index contributed by atoms with van der Waals surface area (Å²) in [5, 5.41) is 37.6. The molecule has 22 heteroatoms. The SMILES string of the molecule is N=c1c2ncn([C@@H]3O[C@H](COP(=O)(O)OP(=O)(O)OP(=O)(O)O)[C@@H](O)[C@H]3O)c2ncn1O. The van der Waals surface area contributed by atoms with Crippen LogP contribution in [0, 0.1) is 5.41 Å². The monoisotopic (exact) mass is 523 g/mol. The Hall–Kier alpha value is -1.56. The Balaban J connectivity index is 1.72. The van der Waals surface area contributed by atoms with Crippen LogP contribution < -0.4 is 5.49 Å². The highest BCUT2D eigenvalue weighted by atomic mass is 31.3. The first kappa shape index (κ1) is 25.1. The number of ether oxygens (including phenoxy) is 1. The molecule has 1 aliphatic heterocycles. The molecule has 19 nitrogen and oxygen atoms in total. The van der Waals surface area contributed by atoms with E-state index in [1.807, 2.05) is 0 Å². The van der Waals surface area contributed by atoms with Crippen molar-refractivity contribution in [2.75, 3.05) is 6.61 Å². The highest BCUT2D eigenvalue weighted by Crippen LogP contribution is 2.66. The third-order valence-corrected chi connectivity index (χ3v) is 7.74. The second kappa shape index (κ2) is 8.66. The standard InChI is InChI=1S/C10H16N5O14P3/c11-8-5-9(13-3-15(8)18)14(2-12-5)10-7(17)6(16)4(27-10)1-26-31(22,23)29-32(24,25)28-30(19,20)21/h2-4,6-7,10-11,16-18H,1H2,(H,22,23)(H,24,25)(H2,19,20,21)/t4-,6-,7-,10-/m1/s1. The van der Waals surface area contributed by atoms with Crippen LogP contribution in [0.2, 0.25) is 0 Å². The van der Waals surface area contributed by atoms with Gasteiger partial charge in [-0.2, -0.15) is 13.4 Å². The molecule has 180 valence electrons. The van der Waals surface area contributed by atoms with E-state index in [0.717, 1.165) is 17.2 Å². The van der Waals surface area contributed by atoms with Crippen molar-refractivity contribution >= 4 is 34.6 Å². The summed E-state index contributed by atoms with van der Waals surface area (Å²) in [5.74, 6) is 0. The Morgan fingerprint density at radius 1 is 1.03 bits per heavy atom. The average Bonchev–Trinajstić information content (AvgIpc) is 3.16. The molecule has 0 radical (unpaired) electrons. The number of hydrogen-bond acceptors (Lipinski definition) is 13. The molecule has 0 saturated carbocycles. The zero-order chi connectivity index (χ0) is 24.1. The second-order valence-electron chi connectivity index (χ2n) is 6.19. The van der Waals surface area contributed by atoms with Crippen LogP contribution in [0.1, 0.15) is 6.23 Å². The van der Waals surface area contributed by atoms with Gasteiger partial charge in [-0.3, -0.25) is 14.5 Å². The summed E-state index contributed by atoms with van der Waals surface area (Å²) in [7, 11) is -16.8. The maximum atomic E-state index is 11.8. The number of nitrogens with zero attached hydrogens (tertiary/aromatic N) is 4. The van der Waals surface area contributed by atoms with Crippen molar-refractivity contribution in [1.82, 2.24) is 19.3 Å². The van der Waals surface area contributed by atoms with Crippen LogP contribution in [-0.2, 0) is 31.6 Å². The van der Waals surface area contributed by atoms with Crippen LogP contribution >= 0.6 is 23.5 Å². The average molecular weight is 523 g/mol. The van der Waals surface area contributed by atoms with Gasteiger partial charge in [0, 0.05) is 0 Å². The fraction of sp³-hybridized carbons (Fsp3) is 0.500. The van der Waals surface area contributed by atoms with Crippen molar-refractivity contribution in [3.63, 3.8) is 0 Å². The molecule has 0 amide bonds. The third-order valence-electron chi connectivity index (χ3n) is 3.94. The summed E-state index contributed by atoms with van der Waals surface area (Å²) in [6.07, 6.45) is -4.34. The van der Waals surface area contributed by atoms with E-state index in [4.69, 9.17) is 24.8 Å². The van der Waals surface area contributed by atoms with Gasteiger partial charge in [0.25, 0.3) is 0 Å². The highest BCUT2D eigenvalue weighted by molar-refractivity contribution is 7.66. The smallest absolute Gasteiger partial charge is 0.425 e. The van der Waals surface area contributed by atoms with Crippen LogP contribution in [0.4, 0.5) is 0 Å². The second-order valence-corrected chi connectivity index (χ2v) is 10.6. The van der Waals surface area contributed by atoms with Gasteiger partial charge in [-0.1, -0.05) is 0 Å². The van der Waals surface area contributed by atoms with Gasteiger partial charge >= 0.3 is 23.5 Å². The lowest BCUT2D eigenvalue weighted by Gasteiger charge is -2.19. The predicted molar refractivity (Wildman–Crippen MR) is 94.3 cm³/mol. The largest absolute Gasteiger partial charge is 0.490 e. The van der Waals surface area contributed by atoms with Crippen molar-refractivity contribution in [3.05, 3.63) is 18.1 Å². The van der Waals surface area contributed by atoms with Gasteiger partial charge in [-0.05, 0) is 0 Å². The minimum absolute atomic E-state index is 0.0231. The van der Waals surface area contributed by atoms with Gasteiger partial charge in [0.2, 0.25) is 0 Å². The molecule has 1 saturated heterocycles. The molecule has 0 bridgehead atoms. The van der Waals surface area contributed by atoms with Gasteiger partial charge in [0.15, 0.2) is 22.9 Å². The zero-order valence-corrected chi connectivity index (χ0v) is 18.0. The molecule has 0 aliphatic carbocycles. The molecule has 2 aromatic heterocycles. The predicted octanol–water partition coefficient (Wildman–Crippen LogP) is -2.09. The first-order valence-electron chi connectivity index (χ1n) is 8.08. The summed E-state index contributed by atoms with van der Waals surface area (Å²) < 4.78 is 52.1. The Kier molecular flexibility index (Phi) is 6.78. The number of aliphatic hydroxyl groups excluding tert-OH is 2. The summed E-state index contributed by atoms with van der Waals surface area (Å²) in [4.78, 5) is 43.3. The molecule has 2 unspecified atom stereocenters. The molecule has 0 aromatic carbocycles. The van der Waals surface area contributed by atoms with E-state index in [1.54, 1.807) is 0 Å². The molecule has 1 aliphatic rings. The molecule has 3 heterocycles. The molecule has 3 rings (SSSR count). The van der Waals surface area contributed by atoms with E-state index in [0.29, 0.717) is 4.73 Å². The summed E-state index contributed by atoms with van der Waals surface area (Å²) in [6.45, 7) is -1.00. The maximum absolute atomic E-state index is 11.8. The first-order valence-corrected chi connectivity index (χ1v) is 12.6. The van der Waals surface area contributed by atoms with E-state index in [9.17, 15) is 34.0 Å². The molecule has 2 aromatic rings. The van der Waals surface area contributed by atoms with Crippen molar-refractivity contribution in [2.45, 2.75) is 24.5 Å².